The van der Waals surface area contributed by atoms with E-state index >= 15 is 0 Å². The van der Waals surface area contributed by atoms with Gasteiger partial charge in [-0.3, -0.25) is 15.1 Å². The number of nitrogens with one attached hydrogen (secondary N) is 1. The molecular weight excluding hydrogens is 490 g/mol. The number of pyridine rings is 1. The summed E-state index contributed by atoms with van der Waals surface area (Å²) in [6.07, 6.45) is 6.11. The van der Waals surface area contributed by atoms with Crippen molar-refractivity contribution in [3.05, 3.63) is 113 Å². The maximum absolute atomic E-state index is 10.9. The molecule has 1 saturated heterocycles. The summed E-state index contributed by atoms with van der Waals surface area (Å²) in [5.41, 5.74) is 3.18. The molecule has 9 heteroatoms. The largest absolute Gasteiger partial charge is 0.351 e. The van der Waals surface area contributed by atoms with Gasteiger partial charge in [-0.15, -0.1) is 0 Å². The lowest BCUT2D eigenvalue weighted by Crippen LogP contribution is -2.29. The lowest BCUT2D eigenvalue weighted by molar-refractivity contribution is -0.384. The number of anilines is 1. The quantitative estimate of drug-likeness (QED) is 0.167. The first-order chi connectivity index (χ1) is 17.4. The summed E-state index contributed by atoms with van der Waals surface area (Å²) in [6.45, 7) is 4.33. The molecule has 3 heterocycles. The van der Waals surface area contributed by atoms with Gasteiger partial charge in [-0.25, -0.2) is 0 Å². The molecule has 0 spiro atoms. The highest BCUT2D eigenvalue weighted by Gasteiger charge is 2.41. The maximum Gasteiger partial charge on any atom is 0.269 e. The first-order valence-electron chi connectivity index (χ1n) is 11.6. The zero-order valence-electron chi connectivity index (χ0n) is 19.8. The SMILES string of the molecule is CC(C)n1ccc(C2C(c3ccccn3)NC(=S)N2c2ccc(Sc3ccc([N+](=O)[O-])cc3)cc2)c1. The lowest BCUT2D eigenvalue weighted by atomic mass is 9.98. The lowest BCUT2D eigenvalue weighted by Gasteiger charge is -2.27. The number of nitro benzene ring substituents is 1. The molecule has 0 aliphatic carbocycles. The summed E-state index contributed by atoms with van der Waals surface area (Å²) in [4.78, 5) is 19.3. The average molecular weight is 516 g/mol. The van der Waals surface area contributed by atoms with E-state index in [4.69, 9.17) is 12.2 Å². The predicted octanol–water partition coefficient (Wildman–Crippen LogP) is 6.70. The van der Waals surface area contributed by atoms with Gasteiger partial charge in [0.05, 0.1) is 22.7 Å². The van der Waals surface area contributed by atoms with Gasteiger partial charge in [-0.05, 0) is 86.2 Å². The molecule has 0 saturated carbocycles. The van der Waals surface area contributed by atoms with Crippen molar-refractivity contribution in [2.45, 2.75) is 41.8 Å². The van der Waals surface area contributed by atoms with Crippen molar-refractivity contribution in [2.75, 3.05) is 4.90 Å². The van der Waals surface area contributed by atoms with Crippen LogP contribution in [0.25, 0.3) is 0 Å². The van der Waals surface area contributed by atoms with Crippen LogP contribution in [0.5, 0.6) is 0 Å². The molecule has 7 nitrogen and oxygen atoms in total. The van der Waals surface area contributed by atoms with Gasteiger partial charge >= 0.3 is 0 Å². The van der Waals surface area contributed by atoms with Gasteiger partial charge in [0.15, 0.2) is 5.11 Å². The van der Waals surface area contributed by atoms with Crippen LogP contribution < -0.4 is 10.2 Å². The van der Waals surface area contributed by atoms with Crippen LogP contribution in [0.1, 0.15) is 43.2 Å². The number of thiocarbonyl (C=S) groups is 1. The van der Waals surface area contributed by atoms with Crippen molar-refractivity contribution in [3.8, 4) is 0 Å². The van der Waals surface area contributed by atoms with Crippen LogP contribution in [-0.4, -0.2) is 19.6 Å². The highest BCUT2D eigenvalue weighted by Crippen LogP contribution is 2.42. The van der Waals surface area contributed by atoms with Crippen molar-refractivity contribution >= 4 is 40.5 Å². The Bertz CT molecular complexity index is 1370. The molecule has 5 rings (SSSR count). The number of non-ortho nitro benzene ring substituents is 1. The van der Waals surface area contributed by atoms with Crippen molar-refractivity contribution in [3.63, 3.8) is 0 Å². The molecular formula is C27H25N5O2S2. The van der Waals surface area contributed by atoms with E-state index in [1.165, 1.54) is 12.1 Å². The topological polar surface area (TPSA) is 76.2 Å². The molecule has 2 aromatic heterocycles. The minimum atomic E-state index is -0.389. The molecule has 2 aromatic carbocycles. The molecule has 36 heavy (non-hydrogen) atoms. The van der Waals surface area contributed by atoms with E-state index in [-0.39, 0.29) is 22.7 Å². The Morgan fingerprint density at radius 3 is 2.31 bits per heavy atom. The van der Waals surface area contributed by atoms with Crippen LogP contribution in [0.4, 0.5) is 11.4 Å². The average Bonchev–Trinajstić information content (AvgIpc) is 3.50. The molecule has 0 amide bonds. The highest BCUT2D eigenvalue weighted by atomic mass is 32.2. The van der Waals surface area contributed by atoms with Crippen LogP contribution in [0.3, 0.4) is 0 Å². The summed E-state index contributed by atoms with van der Waals surface area (Å²) in [7, 11) is 0. The monoisotopic (exact) mass is 515 g/mol. The van der Waals surface area contributed by atoms with Crippen molar-refractivity contribution in [1.29, 1.82) is 0 Å². The normalized spacial score (nSPS) is 17.4. The van der Waals surface area contributed by atoms with Crippen LogP contribution in [0.2, 0.25) is 0 Å². The molecule has 1 aliphatic heterocycles. The fourth-order valence-corrected chi connectivity index (χ4v) is 5.51. The fraction of sp³-hybridized carbons (Fsp3) is 0.185. The molecule has 1 fully saturated rings. The number of hydrogen-bond acceptors (Lipinski definition) is 5. The summed E-state index contributed by atoms with van der Waals surface area (Å²) in [5.74, 6) is 0. The standard InChI is InChI=1S/C27H25N5O2S2/c1-18(2)30-16-14-19(17-30)26-25(24-5-3-4-15-28-24)29-27(35)31(26)20-6-10-22(11-7-20)36-23-12-8-21(9-13-23)32(33)34/h3-18,25-26H,1-2H3,(H,29,35). The summed E-state index contributed by atoms with van der Waals surface area (Å²) >= 11 is 7.38. The Morgan fingerprint density at radius 2 is 1.72 bits per heavy atom. The number of aromatic nitrogens is 2. The Hall–Kier alpha value is -3.69. The fourth-order valence-electron chi connectivity index (χ4n) is 4.35. The molecule has 182 valence electrons. The van der Waals surface area contributed by atoms with E-state index in [9.17, 15) is 10.1 Å². The Balaban J connectivity index is 1.44. The van der Waals surface area contributed by atoms with Crippen molar-refractivity contribution in [1.82, 2.24) is 14.9 Å². The molecule has 4 aromatic rings. The Morgan fingerprint density at radius 1 is 1.03 bits per heavy atom. The van der Waals surface area contributed by atoms with Crippen molar-refractivity contribution < 1.29 is 4.92 Å². The Labute approximate surface area is 219 Å². The van der Waals surface area contributed by atoms with Gasteiger partial charge in [0.1, 0.15) is 0 Å². The van der Waals surface area contributed by atoms with Gasteiger partial charge in [-0.2, -0.15) is 0 Å². The van der Waals surface area contributed by atoms with Crippen LogP contribution >= 0.6 is 24.0 Å². The van der Waals surface area contributed by atoms with E-state index in [1.54, 1.807) is 23.9 Å². The zero-order chi connectivity index (χ0) is 25.2. The van der Waals surface area contributed by atoms with E-state index in [2.05, 4.69) is 76.3 Å². The zero-order valence-corrected chi connectivity index (χ0v) is 21.4. The molecule has 0 bridgehead atoms. The van der Waals surface area contributed by atoms with E-state index in [0.29, 0.717) is 11.2 Å². The summed E-state index contributed by atoms with van der Waals surface area (Å²) in [6, 6.07) is 23.1. The summed E-state index contributed by atoms with van der Waals surface area (Å²) < 4.78 is 2.20. The number of nitrogens with zero attached hydrogens (tertiary/aromatic N) is 4. The van der Waals surface area contributed by atoms with Gasteiger partial charge < -0.3 is 14.8 Å². The van der Waals surface area contributed by atoms with Crippen LogP contribution in [0, 0.1) is 10.1 Å². The molecule has 2 unspecified atom stereocenters. The molecule has 1 N–H and O–H groups in total. The smallest absolute Gasteiger partial charge is 0.269 e. The highest BCUT2D eigenvalue weighted by molar-refractivity contribution is 7.99. The van der Waals surface area contributed by atoms with Crippen LogP contribution in [-0.2, 0) is 0 Å². The van der Waals surface area contributed by atoms with Gasteiger partial charge in [0, 0.05) is 52.2 Å². The minimum absolute atomic E-state index is 0.0550. The number of hydrogen-bond donors (Lipinski definition) is 1. The first-order valence-corrected chi connectivity index (χ1v) is 12.8. The summed E-state index contributed by atoms with van der Waals surface area (Å²) in [5, 5.41) is 15.1. The van der Waals surface area contributed by atoms with E-state index in [0.717, 1.165) is 26.7 Å². The molecule has 1 aliphatic rings. The van der Waals surface area contributed by atoms with Crippen molar-refractivity contribution in [2.24, 2.45) is 0 Å². The number of rotatable bonds is 7. The third-order valence-electron chi connectivity index (χ3n) is 6.17. The van der Waals surface area contributed by atoms with Gasteiger partial charge in [-0.1, -0.05) is 17.8 Å². The van der Waals surface area contributed by atoms with Gasteiger partial charge in [0.2, 0.25) is 0 Å². The second-order valence-corrected chi connectivity index (χ2v) is 10.4. The predicted molar refractivity (Wildman–Crippen MR) is 146 cm³/mol. The maximum atomic E-state index is 10.9. The first kappa shape index (κ1) is 24.0. The number of nitro groups is 1. The van der Waals surface area contributed by atoms with E-state index in [1.807, 2.05) is 24.4 Å². The van der Waals surface area contributed by atoms with E-state index < -0.39 is 0 Å². The second-order valence-electron chi connectivity index (χ2n) is 8.83. The van der Waals surface area contributed by atoms with Gasteiger partial charge in [0.25, 0.3) is 5.69 Å². The third-order valence-corrected chi connectivity index (χ3v) is 7.50. The van der Waals surface area contributed by atoms with Crippen LogP contribution in [0.15, 0.2) is 101 Å². The molecule has 2 atom stereocenters. The third kappa shape index (κ3) is 4.84. The number of benzene rings is 2. The minimum Gasteiger partial charge on any atom is -0.351 e. The molecule has 0 radical (unpaired) electrons. The Kier molecular flexibility index (Phi) is 6.75. The second kappa shape index (κ2) is 10.1.